The van der Waals surface area contributed by atoms with Crippen LogP contribution < -0.4 is 20.7 Å². The van der Waals surface area contributed by atoms with Gasteiger partial charge in [0.1, 0.15) is 11.7 Å². The average molecular weight is 623 g/mol. The number of aromatic nitrogens is 1. The van der Waals surface area contributed by atoms with Crippen molar-refractivity contribution in [2.45, 2.75) is 25.4 Å². The zero-order valence-corrected chi connectivity index (χ0v) is 25.2. The van der Waals surface area contributed by atoms with Crippen LogP contribution in [0.4, 0.5) is 14.9 Å². The minimum atomic E-state index is -1.12. The number of nitrogens with zero attached hydrogens (tertiary/aromatic N) is 3. The van der Waals surface area contributed by atoms with Gasteiger partial charge in [0, 0.05) is 68.4 Å². The Morgan fingerprint density at radius 3 is 2.55 bits per heavy atom. The second kappa shape index (κ2) is 13.0. The van der Waals surface area contributed by atoms with Crippen LogP contribution in [-0.2, 0) is 20.9 Å². The van der Waals surface area contributed by atoms with Gasteiger partial charge in [0.05, 0.1) is 23.5 Å². The van der Waals surface area contributed by atoms with Crippen LogP contribution in [0.3, 0.4) is 0 Å². The maximum Gasteiger partial charge on any atom is 0.326 e. The largest absolute Gasteiger partial charge is 0.481 e. The second-order valence-corrected chi connectivity index (χ2v) is 11.1. The number of carbonyl (C=O) groups excluding carboxylic acids is 4. The van der Waals surface area contributed by atoms with Gasteiger partial charge in [-0.2, -0.15) is 0 Å². The first kappa shape index (κ1) is 30.9. The van der Waals surface area contributed by atoms with E-state index in [0.29, 0.717) is 36.6 Å². The van der Waals surface area contributed by atoms with Crippen molar-refractivity contribution in [3.05, 3.63) is 64.9 Å². The lowest BCUT2D eigenvalue weighted by atomic mass is 9.99. The monoisotopic (exact) mass is 622 g/mol. The molecule has 13 heteroatoms. The Hall–Kier alpha value is -4.55. The maximum absolute atomic E-state index is 16.1. The molecule has 230 valence electrons. The molecule has 0 aliphatic carbocycles. The van der Waals surface area contributed by atoms with Crippen molar-refractivity contribution in [1.29, 1.82) is 0 Å². The van der Waals surface area contributed by atoms with E-state index >= 15 is 4.39 Å². The van der Waals surface area contributed by atoms with E-state index in [0.717, 1.165) is 16.9 Å². The molecule has 2 saturated heterocycles. The molecule has 0 radical (unpaired) electrons. The van der Waals surface area contributed by atoms with Gasteiger partial charge in [-0.05, 0) is 24.6 Å². The van der Waals surface area contributed by atoms with Crippen LogP contribution >= 0.6 is 11.6 Å². The molecule has 3 aromatic rings. The Balaban J connectivity index is 1.35. The number of pyridine rings is 1. The lowest BCUT2D eigenvalue weighted by Gasteiger charge is -2.33. The van der Waals surface area contributed by atoms with Gasteiger partial charge in [0.25, 0.3) is 0 Å². The molecular weight excluding hydrogens is 591 g/mol. The summed E-state index contributed by atoms with van der Waals surface area (Å²) >= 11 is 6.68. The zero-order valence-electron chi connectivity index (χ0n) is 24.4. The maximum atomic E-state index is 16.1. The number of benzene rings is 2. The number of imide groups is 1. The molecule has 2 aliphatic heterocycles. The Labute approximate surface area is 258 Å². The van der Waals surface area contributed by atoms with Crippen molar-refractivity contribution in [3.63, 3.8) is 0 Å². The standard InChI is InChI=1S/C31H32ClFN6O5/c1-38-16-22(30(42)39(2)31(38)43)28(41)36-24-9-5-6-19(26(24)32)20-7-4-8-21(27(20)33)23-12-10-17(29(37-23)44-3)14-34-15-18-11-13-25(40)35-18/h4-10,12,18,22,34H,11,13-16H2,1-3H3,(H,35,40)(H,36,41)/t18-,22?/m0/s1. The van der Waals surface area contributed by atoms with Crippen LogP contribution in [0.2, 0.25) is 5.02 Å². The zero-order chi connectivity index (χ0) is 31.5. The summed E-state index contributed by atoms with van der Waals surface area (Å²) in [6, 6.07) is 12.8. The van der Waals surface area contributed by atoms with E-state index in [1.165, 1.54) is 26.1 Å². The van der Waals surface area contributed by atoms with Crippen LogP contribution in [-0.4, -0.2) is 78.9 Å². The number of urea groups is 1. The Morgan fingerprint density at radius 2 is 1.82 bits per heavy atom. The van der Waals surface area contributed by atoms with Crippen molar-refractivity contribution in [2.75, 3.05) is 39.6 Å². The van der Waals surface area contributed by atoms with Gasteiger partial charge in [-0.1, -0.05) is 41.9 Å². The van der Waals surface area contributed by atoms with Crippen molar-refractivity contribution in [2.24, 2.45) is 5.92 Å². The fourth-order valence-corrected chi connectivity index (χ4v) is 5.62. The number of methoxy groups -OCH3 is 1. The predicted octanol–water partition coefficient (Wildman–Crippen LogP) is 3.66. The minimum Gasteiger partial charge on any atom is -0.481 e. The SMILES string of the molecule is COc1nc(-c2cccc(-c3cccc(NC(=O)C4CN(C)C(=O)N(C)C4=O)c3Cl)c2F)ccc1CNC[C@@H]1CCC(=O)N1. The van der Waals surface area contributed by atoms with Crippen molar-refractivity contribution < 1.29 is 28.3 Å². The first-order valence-corrected chi connectivity index (χ1v) is 14.4. The Bertz CT molecular complexity index is 1640. The molecule has 3 N–H and O–H groups in total. The quantitative estimate of drug-likeness (QED) is 0.310. The van der Waals surface area contributed by atoms with E-state index in [1.54, 1.807) is 42.5 Å². The number of ether oxygens (including phenoxy) is 1. The number of amides is 5. The van der Waals surface area contributed by atoms with Crippen molar-refractivity contribution in [1.82, 2.24) is 25.4 Å². The first-order chi connectivity index (χ1) is 21.1. The number of hydrogen-bond acceptors (Lipinski definition) is 7. The fraction of sp³-hybridized carbons (Fsp3) is 0.323. The molecule has 0 saturated carbocycles. The number of rotatable bonds is 9. The predicted molar refractivity (Wildman–Crippen MR) is 162 cm³/mol. The van der Waals surface area contributed by atoms with E-state index in [2.05, 4.69) is 20.9 Å². The van der Waals surface area contributed by atoms with Crippen LogP contribution in [0.25, 0.3) is 22.4 Å². The number of carbonyl (C=O) groups is 4. The number of hydrogen-bond donors (Lipinski definition) is 3. The molecule has 5 rings (SSSR count). The third-order valence-corrected chi connectivity index (χ3v) is 8.17. The summed E-state index contributed by atoms with van der Waals surface area (Å²) in [6.45, 7) is 0.985. The van der Waals surface area contributed by atoms with Gasteiger partial charge in [-0.25, -0.2) is 14.2 Å². The summed E-state index contributed by atoms with van der Waals surface area (Å²) in [5.74, 6) is -2.55. The highest BCUT2D eigenvalue weighted by Crippen LogP contribution is 2.38. The molecule has 0 spiro atoms. The number of anilines is 1. The van der Waals surface area contributed by atoms with Crippen molar-refractivity contribution in [3.8, 4) is 28.3 Å². The summed E-state index contributed by atoms with van der Waals surface area (Å²) in [4.78, 5) is 55.8. The molecule has 2 atom stereocenters. The van der Waals surface area contributed by atoms with E-state index in [9.17, 15) is 19.2 Å². The molecule has 0 bridgehead atoms. The summed E-state index contributed by atoms with van der Waals surface area (Å²) < 4.78 is 21.6. The molecule has 1 unspecified atom stereocenters. The normalized spacial score (nSPS) is 18.4. The first-order valence-electron chi connectivity index (χ1n) is 14.0. The Kier molecular flexibility index (Phi) is 9.12. The van der Waals surface area contributed by atoms with Crippen LogP contribution in [0, 0.1) is 11.7 Å². The van der Waals surface area contributed by atoms with Crippen LogP contribution in [0.15, 0.2) is 48.5 Å². The average Bonchev–Trinajstić information content (AvgIpc) is 3.44. The molecule has 2 aromatic carbocycles. The van der Waals surface area contributed by atoms with Crippen molar-refractivity contribution >= 4 is 41.0 Å². The second-order valence-electron chi connectivity index (χ2n) is 10.7. The molecular formula is C31H32ClFN6O5. The molecule has 3 heterocycles. The Morgan fingerprint density at radius 1 is 1.09 bits per heavy atom. The molecule has 2 aliphatic rings. The van der Waals surface area contributed by atoms with Crippen LogP contribution in [0.1, 0.15) is 18.4 Å². The van der Waals surface area contributed by atoms with Gasteiger partial charge in [0.15, 0.2) is 0 Å². The van der Waals surface area contributed by atoms with E-state index in [1.807, 2.05) is 6.07 Å². The molecule has 11 nitrogen and oxygen atoms in total. The van der Waals surface area contributed by atoms with E-state index in [-0.39, 0.29) is 40.3 Å². The highest BCUT2D eigenvalue weighted by Gasteiger charge is 2.39. The smallest absolute Gasteiger partial charge is 0.326 e. The molecule has 5 amide bonds. The third kappa shape index (κ3) is 6.22. The third-order valence-electron chi connectivity index (χ3n) is 7.76. The molecule has 1 aromatic heterocycles. The van der Waals surface area contributed by atoms with Gasteiger partial charge in [0.2, 0.25) is 23.6 Å². The summed E-state index contributed by atoms with van der Waals surface area (Å²) in [5.41, 5.74) is 2.07. The number of halogens is 2. The lowest BCUT2D eigenvalue weighted by Crippen LogP contribution is -2.56. The van der Waals surface area contributed by atoms with Gasteiger partial charge in [-0.3, -0.25) is 19.3 Å². The minimum absolute atomic E-state index is 0.0539. The van der Waals surface area contributed by atoms with Crippen LogP contribution in [0.5, 0.6) is 5.88 Å². The fourth-order valence-electron chi connectivity index (χ4n) is 5.35. The highest BCUT2D eigenvalue weighted by molar-refractivity contribution is 6.36. The van der Waals surface area contributed by atoms with E-state index in [4.69, 9.17) is 16.3 Å². The van der Waals surface area contributed by atoms with Gasteiger partial charge >= 0.3 is 6.03 Å². The molecule has 44 heavy (non-hydrogen) atoms. The highest BCUT2D eigenvalue weighted by atomic mass is 35.5. The topological polar surface area (TPSA) is 133 Å². The summed E-state index contributed by atoms with van der Waals surface area (Å²) in [6.07, 6.45) is 1.31. The lowest BCUT2D eigenvalue weighted by molar-refractivity contribution is -0.140. The summed E-state index contributed by atoms with van der Waals surface area (Å²) in [5, 5.41) is 8.97. The van der Waals surface area contributed by atoms with Gasteiger partial charge < -0.3 is 25.6 Å². The summed E-state index contributed by atoms with van der Waals surface area (Å²) in [7, 11) is 4.31. The number of nitrogens with one attached hydrogen (secondary N) is 3. The molecule has 2 fully saturated rings. The van der Waals surface area contributed by atoms with Gasteiger partial charge in [-0.15, -0.1) is 0 Å². The van der Waals surface area contributed by atoms with E-state index < -0.39 is 29.6 Å².